The van der Waals surface area contributed by atoms with Crippen LogP contribution in [0, 0.1) is 11.3 Å². The fourth-order valence-corrected chi connectivity index (χ4v) is 2.96. The number of hydrogen-bond acceptors (Lipinski definition) is 3. The Morgan fingerprint density at radius 3 is 2.55 bits per heavy atom. The molecule has 6 heteroatoms. The standard InChI is InChI=1S/C14H15ClF2O3/c1-14(2)10(11(14)12(18)19-3)7-4-5-9(8(15)6-7)20-13(16)17/h4-6,10-11,13H,1-3H3. The molecule has 0 radical (unpaired) electrons. The summed E-state index contributed by atoms with van der Waals surface area (Å²) in [6.07, 6.45) is 0. The Morgan fingerprint density at radius 1 is 1.40 bits per heavy atom. The molecule has 0 bridgehead atoms. The molecule has 0 amide bonds. The summed E-state index contributed by atoms with van der Waals surface area (Å²) in [5.74, 6) is -0.624. The first kappa shape index (κ1) is 15.0. The normalized spacial score (nSPS) is 23.6. The SMILES string of the molecule is COC(=O)C1C(c2ccc(OC(F)F)c(Cl)c2)C1(C)C. The third-order valence-electron chi connectivity index (χ3n) is 3.81. The van der Waals surface area contributed by atoms with E-state index < -0.39 is 6.61 Å². The van der Waals surface area contributed by atoms with Crippen molar-refractivity contribution in [2.24, 2.45) is 11.3 Å². The van der Waals surface area contributed by atoms with Crippen LogP contribution in [0.1, 0.15) is 25.3 Å². The summed E-state index contributed by atoms with van der Waals surface area (Å²) in [5.41, 5.74) is 0.582. The number of benzene rings is 1. The molecule has 1 fully saturated rings. The van der Waals surface area contributed by atoms with Gasteiger partial charge in [0.25, 0.3) is 0 Å². The van der Waals surface area contributed by atoms with Crippen LogP contribution in [0.3, 0.4) is 0 Å². The molecule has 1 aromatic rings. The summed E-state index contributed by atoms with van der Waals surface area (Å²) >= 11 is 5.93. The summed E-state index contributed by atoms with van der Waals surface area (Å²) in [6.45, 7) is 0.992. The van der Waals surface area contributed by atoms with Gasteiger partial charge in [0.1, 0.15) is 5.75 Å². The zero-order valence-corrected chi connectivity index (χ0v) is 12.1. The molecule has 0 heterocycles. The fourth-order valence-electron chi connectivity index (χ4n) is 2.73. The van der Waals surface area contributed by atoms with E-state index in [1.54, 1.807) is 12.1 Å². The molecule has 0 N–H and O–H groups in total. The molecule has 1 aromatic carbocycles. The molecular formula is C14H15ClF2O3. The lowest BCUT2D eigenvalue weighted by Crippen LogP contribution is -2.07. The van der Waals surface area contributed by atoms with Crippen LogP contribution in [-0.2, 0) is 9.53 Å². The first-order valence-electron chi connectivity index (χ1n) is 6.11. The van der Waals surface area contributed by atoms with Crippen LogP contribution in [-0.4, -0.2) is 19.7 Å². The fraction of sp³-hybridized carbons (Fsp3) is 0.500. The van der Waals surface area contributed by atoms with Gasteiger partial charge >= 0.3 is 12.6 Å². The maximum absolute atomic E-state index is 12.2. The highest BCUT2D eigenvalue weighted by molar-refractivity contribution is 6.32. The average molecular weight is 305 g/mol. The summed E-state index contributed by atoms with van der Waals surface area (Å²) in [7, 11) is 1.35. The smallest absolute Gasteiger partial charge is 0.387 e. The lowest BCUT2D eigenvalue weighted by molar-refractivity contribution is -0.143. The van der Waals surface area contributed by atoms with Crippen molar-refractivity contribution in [2.45, 2.75) is 26.4 Å². The molecule has 3 nitrogen and oxygen atoms in total. The molecule has 0 saturated heterocycles. The molecule has 2 atom stereocenters. The van der Waals surface area contributed by atoms with Gasteiger partial charge < -0.3 is 9.47 Å². The lowest BCUT2D eigenvalue weighted by atomic mass is 10.0. The number of carbonyl (C=O) groups excluding carboxylic acids is 1. The Labute approximate surface area is 120 Å². The summed E-state index contributed by atoms with van der Waals surface area (Å²) in [6, 6.07) is 4.61. The van der Waals surface area contributed by atoms with Gasteiger partial charge in [-0.3, -0.25) is 4.79 Å². The van der Waals surface area contributed by atoms with E-state index >= 15 is 0 Å². The zero-order valence-electron chi connectivity index (χ0n) is 11.3. The number of halogens is 3. The first-order chi connectivity index (χ1) is 9.28. The van der Waals surface area contributed by atoms with Gasteiger partial charge in [-0.05, 0) is 23.1 Å². The minimum atomic E-state index is -2.92. The Balaban J connectivity index is 2.23. The van der Waals surface area contributed by atoms with Crippen molar-refractivity contribution in [1.29, 1.82) is 0 Å². The highest BCUT2D eigenvalue weighted by Gasteiger charge is 2.63. The lowest BCUT2D eigenvalue weighted by Gasteiger charge is -2.09. The van der Waals surface area contributed by atoms with Crippen molar-refractivity contribution in [1.82, 2.24) is 0 Å². The quantitative estimate of drug-likeness (QED) is 0.793. The van der Waals surface area contributed by atoms with E-state index in [0.29, 0.717) is 0 Å². The van der Waals surface area contributed by atoms with Crippen molar-refractivity contribution in [3.05, 3.63) is 28.8 Å². The van der Waals surface area contributed by atoms with Gasteiger partial charge in [0.05, 0.1) is 18.1 Å². The molecule has 0 spiro atoms. The third kappa shape index (κ3) is 2.59. The van der Waals surface area contributed by atoms with Gasteiger partial charge in [0.15, 0.2) is 0 Å². The molecule has 1 aliphatic rings. The third-order valence-corrected chi connectivity index (χ3v) is 4.11. The van der Waals surface area contributed by atoms with Crippen LogP contribution in [0.4, 0.5) is 8.78 Å². The van der Waals surface area contributed by atoms with Crippen molar-refractivity contribution in [3.8, 4) is 5.75 Å². The predicted molar refractivity (Wildman–Crippen MR) is 70.1 cm³/mol. The number of alkyl halides is 2. The van der Waals surface area contributed by atoms with Crippen LogP contribution < -0.4 is 4.74 Å². The molecule has 1 saturated carbocycles. The number of methoxy groups -OCH3 is 1. The van der Waals surface area contributed by atoms with Crippen LogP contribution >= 0.6 is 11.6 Å². The summed E-state index contributed by atoms with van der Waals surface area (Å²) < 4.78 is 33.4. The minimum Gasteiger partial charge on any atom is -0.469 e. The number of ether oxygens (including phenoxy) is 2. The molecule has 1 aliphatic carbocycles. The van der Waals surface area contributed by atoms with Gasteiger partial charge in [-0.1, -0.05) is 31.5 Å². The minimum absolute atomic E-state index is 0.0342. The highest BCUT2D eigenvalue weighted by atomic mass is 35.5. The first-order valence-corrected chi connectivity index (χ1v) is 6.49. The van der Waals surface area contributed by atoms with Crippen LogP contribution in [0.25, 0.3) is 0 Å². The molecule has 110 valence electrons. The topological polar surface area (TPSA) is 35.5 Å². The van der Waals surface area contributed by atoms with Crippen molar-refractivity contribution < 1.29 is 23.0 Å². The van der Waals surface area contributed by atoms with Crippen LogP contribution in [0.15, 0.2) is 18.2 Å². The molecular weight excluding hydrogens is 290 g/mol. The van der Waals surface area contributed by atoms with Gasteiger partial charge in [0, 0.05) is 5.92 Å². The second-order valence-electron chi connectivity index (χ2n) is 5.37. The van der Waals surface area contributed by atoms with Gasteiger partial charge in [0.2, 0.25) is 0 Å². The summed E-state index contributed by atoms with van der Waals surface area (Å²) in [4.78, 5) is 11.7. The van der Waals surface area contributed by atoms with Crippen LogP contribution in [0.2, 0.25) is 5.02 Å². The van der Waals surface area contributed by atoms with Crippen LogP contribution in [0.5, 0.6) is 5.75 Å². The maximum atomic E-state index is 12.2. The van der Waals surface area contributed by atoms with Crippen molar-refractivity contribution >= 4 is 17.6 Å². The molecule has 2 rings (SSSR count). The predicted octanol–water partition coefficient (Wildman–Crippen LogP) is 3.85. The van der Waals surface area contributed by atoms with E-state index in [1.807, 2.05) is 13.8 Å². The van der Waals surface area contributed by atoms with Gasteiger partial charge in [-0.15, -0.1) is 0 Å². The number of carbonyl (C=O) groups is 1. The van der Waals surface area contributed by atoms with E-state index in [2.05, 4.69) is 4.74 Å². The van der Waals surface area contributed by atoms with E-state index in [0.717, 1.165) is 5.56 Å². The summed E-state index contributed by atoms with van der Waals surface area (Å²) in [5, 5.41) is 0.106. The Morgan fingerprint density at radius 2 is 2.05 bits per heavy atom. The molecule has 0 aliphatic heterocycles. The second kappa shape index (κ2) is 5.20. The van der Waals surface area contributed by atoms with Crippen molar-refractivity contribution in [3.63, 3.8) is 0 Å². The number of esters is 1. The Kier molecular flexibility index (Phi) is 3.91. The highest BCUT2D eigenvalue weighted by Crippen LogP contribution is 2.65. The maximum Gasteiger partial charge on any atom is 0.387 e. The van der Waals surface area contributed by atoms with Gasteiger partial charge in [-0.2, -0.15) is 8.78 Å². The Hall–Kier alpha value is -1.36. The molecule has 2 unspecified atom stereocenters. The van der Waals surface area contributed by atoms with E-state index in [-0.39, 0.29) is 34.0 Å². The molecule has 20 heavy (non-hydrogen) atoms. The van der Waals surface area contributed by atoms with Crippen molar-refractivity contribution in [2.75, 3.05) is 7.11 Å². The zero-order chi connectivity index (χ0) is 15.1. The molecule has 0 aromatic heterocycles. The van der Waals surface area contributed by atoms with Gasteiger partial charge in [-0.25, -0.2) is 0 Å². The van der Waals surface area contributed by atoms with E-state index in [9.17, 15) is 13.6 Å². The largest absolute Gasteiger partial charge is 0.469 e. The monoisotopic (exact) mass is 304 g/mol. The Bertz CT molecular complexity index is 531. The average Bonchev–Trinajstić information content (AvgIpc) is 2.93. The van der Waals surface area contributed by atoms with E-state index in [4.69, 9.17) is 16.3 Å². The number of hydrogen-bond donors (Lipinski definition) is 0. The van der Waals surface area contributed by atoms with E-state index in [1.165, 1.54) is 13.2 Å². The second-order valence-corrected chi connectivity index (χ2v) is 5.78. The number of rotatable bonds is 4.